The van der Waals surface area contributed by atoms with E-state index in [0.29, 0.717) is 11.8 Å². The number of rotatable bonds is 12. The molecule has 0 saturated carbocycles. The van der Waals surface area contributed by atoms with Crippen molar-refractivity contribution in [2.75, 3.05) is 22.4 Å². The third kappa shape index (κ3) is 16.7. The summed E-state index contributed by atoms with van der Waals surface area (Å²) in [5.74, 6) is 0.749. The summed E-state index contributed by atoms with van der Waals surface area (Å²) >= 11 is 49.7. The lowest BCUT2D eigenvalue weighted by Gasteiger charge is -2.23. The molecule has 0 rings (SSSR count). The molecule has 0 aromatic carbocycles. The summed E-state index contributed by atoms with van der Waals surface area (Å²) in [6, 6.07) is 0. The molecule has 0 N–H and O–H groups in total. The number of halogens is 10. The average Bonchev–Trinajstić information content (AvgIpc) is 2.66. The first-order valence-electron chi connectivity index (χ1n) is 9.28. The van der Waals surface area contributed by atoms with E-state index in [1.54, 1.807) is 0 Å². The van der Waals surface area contributed by atoms with Crippen molar-refractivity contribution in [1.82, 2.24) is 0 Å². The SMILES string of the molecule is CC(C)(Cl)C(Br)CCC(CBr)=C(Cl)CCl.CC(C)(Cl)C(Br)CCC(CBr)=C(Cl)CCl. The van der Waals surface area contributed by atoms with Gasteiger partial charge < -0.3 is 0 Å². The van der Waals surface area contributed by atoms with Crippen LogP contribution in [0.2, 0.25) is 0 Å². The molecule has 0 aliphatic heterocycles. The van der Waals surface area contributed by atoms with Gasteiger partial charge in [0.05, 0.1) is 21.5 Å². The highest BCUT2D eigenvalue weighted by Gasteiger charge is 2.25. The van der Waals surface area contributed by atoms with Gasteiger partial charge in [0, 0.05) is 30.4 Å². The fourth-order valence-corrected chi connectivity index (χ4v) is 4.96. The van der Waals surface area contributed by atoms with E-state index >= 15 is 0 Å². The van der Waals surface area contributed by atoms with Crippen LogP contribution in [0, 0.1) is 0 Å². The molecule has 2 atom stereocenters. The van der Waals surface area contributed by atoms with Crippen molar-refractivity contribution in [2.24, 2.45) is 0 Å². The molecule has 0 aliphatic carbocycles. The second kappa shape index (κ2) is 18.4. The molecule has 0 bridgehead atoms. The zero-order chi connectivity index (χ0) is 24.1. The Morgan fingerprint density at radius 3 is 1.13 bits per heavy atom. The van der Waals surface area contributed by atoms with Crippen molar-refractivity contribution < 1.29 is 0 Å². The molecule has 0 aliphatic rings. The number of hydrogen-bond acceptors (Lipinski definition) is 0. The molecule has 30 heavy (non-hydrogen) atoms. The molecule has 0 fully saturated rings. The molecule has 0 aromatic heterocycles. The Balaban J connectivity index is 0. The summed E-state index contributed by atoms with van der Waals surface area (Å²) in [4.78, 5) is 0.0384. The van der Waals surface area contributed by atoms with E-state index in [1.165, 1.54) is 0 Å². The lowest BCUT2D eigenvalue weighted by Crippen LogP contribution is -2.24. The van der Waals surface area contributed by atoms with Gasteiger partial charge in [0.15, 0.2) is 0 Å². The van der Waals surface area contributed by atoms with Crippen molar-refractivity contribution in [3.05, 3.63) is 21.2 Å². The standard InChI is InChI=1S/2C10H15Br2Cl3/c2*1-10(2,15)9(12)4-3-7(5-11)8(14)6-13/h2*9H,3-6H2,1-2H3. The molecule has 0 heterocycles. The molecule has 0 amide bonds. The maximum absolute atomic E-state index is 6.19. The lowest BCUT2D eigenvalue weighted by atomic mass is 10.0. The quantitative estimate of drug-likeness (QED) is 0.172. The summed E-state index contributed by atoms with van der Waals surface area (Å²) in [5, 5.41) is 3.00. The van der Waals surface area contributed by atoms with Crippen LogP contribution in [0.3, 0.4) is 0 Å². The fourth-order valence-electron chi connectivity index (χ4n) is 2.03. The molecular formula is C20H30Br4Cl6. The van der Waals surface area contributed by atoms with Crippen LogP contribution in [-0.2, 0) is 0 Å². The molecule has 0 aromatic rings. The van der Waals surface area contributed by atoms with Crippen LogP contribution in [0.1, 0.15) is 53.4 Å². The van der Waals surface area contributed by atoms with Gasteiger partial charge in [0.2, 0.25) is 0 Å². The molecule has 2 unspecified atom stereocenters. The first-order chi connectivity index (χ1) is 13.6. The van der Waals surface area contributed by atoms with E-state index in [-0.39, 0.29) is 19.4 Å². The molecule has 0 nitrogen and oxygen atoms in total. The highest BCUT2D eigenvalue weighted by atomic mass is 79.9. The van der Waals surface area contributed by atoms with Gasteiger partial charge in [-0.15, -0.1) is 46.4 Å². The van der Waals surface area contributed by atoms with Gasteiger partial charge in [-0.05, 0) is 64.5 Å². The smallest absolute Gasteiger partial charge is 0.0581 e. The Bertz CT molecular complexity index is 490. The van der Waals surface area contributed by atoms with Crippen LogP contribution >= 0.6 is 133 Å². The third-order valence-corrected chi connectivity index (χ3v) is 11.4. The van der Waals surface area contributed by atoms with Crippen molar-refractivity contribution in [3.8, 4) is 0 Å². The highest BCUT2D eigenvalue weighted by molar-refractivity contribution is 9.10. The van der Waals surface area contributed by atoms with Gasteiger partial charge in [-0.25, -0.2) is 0 Å². The Kier molecular flexibility index (Phi) is 21.7. The summed E-state index contributed by atoms with van der Waals surface area (Å²) < 4.78 is 0. The van der Waals surface area contributed by atoms with Crippen molar-refractivity contribution in [1.29, 1.82) is 0 Å². The molecular weight excluding hydrogens is 773 g/mol. The lowest BCUT2D eigenvalue weighted by molar-refractivity contribution is 0.616. The Labute approximate surface area is 247 Å². The fraction of sp³-hybridized carbons (Fsp3) is 0.800. The van der Waals surface area contributed by atoms with Crippen molar-refractivity contribution in [3.63, 3.8) is 0 Å². The summed E-state index contributed by atoms with van der Waals surface area (Å²) in [5.41, 5.74) is 2.30. The van der Waals surface area contributed by atoms with Crippen LogP contribution in [0.5, 0.6) is 0 Å². The van der Waals surface area contributed by atoms with Gasteiger partial charge in [-0.3, -0.25) is 0 Å². The Morgan fingerprint density at radius 2 is 0.967 bits per heavy atom. The zero-order valence-corrected chi connectivity index (χ0v) is 28.5. The van der Waals surface area contributed by atoms with Gasteiger partial charge >= 0.3 is 0 Å². The van der Waals surface area contributed by atoms with Crippen LogP contribution < -0.4 is 0 Å². The minimum atomic E-state index is -0.245. The second-order valence-corrected chi connectivity index (χ2v) is 14.4. The summed E-state index contributed by atoms with van der Waals surface area (Å²) in [6.07, 6.45) is 3.71. The Morgan fingerprint density at radius 1 is 0.700 bits per heavy atom. The van der Waals surface area contributed by atoms with E-state index in [9.17, 15) is 0 Å². The Hall–Kier alpha value is 3.14. The molecule has 0 saturated heterocycles. The van der Waals surface area contributed by atoms with E-state index in [4.69, 9.17) is 69.6 Å². The zero-order valence-electron chi connectivity index (χ0n) is 17.6. The van der Waals surface area contributed by atoms with Gasteiger partial charge in [-0.1, -0.05) is 86.9 Å². The third-order valence-electron chi connectivity index (χ3n) is 4.21. The van der Waals surface area contributed by atoms with Gasteiger partial charge in [0.25, 0.3) is 0 Å². The largest absolute Gasteiger partial charge is 0.121 e. The van der Waals surface area contributed by atoms with E-state index < -0.39 is 0 Å². The van der Waals surface area contributed by atoms with Gasteiger partial charge in [0.1, 0.15) is 0 Å². The summed E-state index contributed by atoms with van der Waals surface area (Å²) in [7, 11) is 0. The number of allylic oxidation sites excluding steroid dienone is 4. The maximum atomic E-state index is 6.19. The monoisotopic (exact) mass is 796 g/mol. The first kappa shape index (κ1) is 35.3. The van der Waals surface area contributed by atoms with E-state index in [0.717, 1.165) is 57.6 Å². The maximum Gasteiger partial charge on any atom is 0.0581 e. The molecule has 0 radical (unpaired) electrons. The predicted molar refractivity (Wildman–Crippen MR) is 159 cm³/mol. The van der Waals surface area contributed by atoms with Crippen LogP contribution in [-0.4, -0.2) is 41.8 Å². The van der Waals surface area contributed by atoms with Gasteiger partial charge in [-0.2, -0.15) is 0 Å². The number of hydrogen-bond donors (Lipinski definition) is 0. The van der Waals surface area contributed by atoms with Crippen LogP contribution in [0.25, 0.3) is 0 Å². The normalized spacial score (nSPS) is 16.2. The van der Waals surface area contributed by atoms with Crippen LogP contribution in [0.15, 0.2) is 21.2 Å². The van der Waals surface area contributed by atoms with Crippen molar-refractivity contribution >= 4 is 133 Å². The van der Waals surface area contributed by atoms with E-state index in [1.807, 2.05) is 27.7 Å². The first-order valence-corrected chi connectivity index (χ1v) is 15.9. The van der Waals surface area contributed by atoms with Crippen molar-refractivity contribution in [2.45, 2.75) is 72.8 Å². The molecule has 180 valence electrons. The van der Waals surface area contributed by atoms with Crippen LogP contribution in [0.4, 0.5) is 0 Å². The second-order valence-electron chi connectivity index (χ2n) is 7.69. The van der Waals surface area contributed by atoms with E-state index in [2.05, 4.69) is 63.7 Å². The average molecular weight is 803 g/mol. The predicted octanol–water partition coefficient (Wildman–Crippen LogP) is 11.3. The summed E-state index contributed by atoms with van der Waals surface area (Å²) in [6.45, 7) is 7.98. The molecule has 0 spiro atoms. The minimum absolute atomic E-state index is 0.245. The minimum Gasteiger partial charge on any atom is -0.121 e. The molecule has 10 heteroatoms. The highest BCUT2D eigenvalue weighted by Crippen LogP contribution is 2.32. The topological polar surface area (TPSA) is 0 Å². The number of alkyl halides is 8.